The maximum Gasteiger partial charge on any atom is 0.259 e. The summed E-state index contributed by atoms with van der Waals surface area (Å²) in [4.78, 5) is 44.5. The van der Waals surface area contributed by atoms with Crippen LogP contribution in [0.4, 0.5) is 11.4 Å². The molecule has 0 aliphatic carbocycles. The van der Waals surface area contributed by atoms with E-state index in [2.05, 4.69) is 5.32 Å². The quantitative estimate of drug-likeness (QED) is 0.535. The van der Waals surface area contributed by atoms with Crippen molar-refractivity contribution in [1.82, 2.24) is 4.90 Å². The van der Waals surface area contributed by atoms with Crippen molar-refractivity contribution in [1.29, 1.82) is 0 Å². The van der Waals surface area contributed by atoms with Gasteiger partial charge in [0.15, 0.2) is 0 Å². The SMILES string of the molecule is O=C(CN1C(=O)c2ccccc2Sc2ccc(C(=O)N3CCCC3)cc21)Nc1ccccc1Cl. The molecule has 0 radical (unpaired) electrons. The summed E-state index contributed by atoms with van der Waals surface area (Å²) < 4.78 is 0. The molecule has 6 nitrogen and oxygen atoms in total. The number of halogens is 1. The summed E-state index contributed by atoms with van der Waals surface area (Å²) in [6.45, 7) is 1.26. The molecule has 1 N–H and O–H groups in total. The van der Waals surface area contributed by atoms with Crippen molar-refractivity contribution < 1.29 is 14.4 Å². The largest absolute Gasteiger partial charge is 0.339 e. The van der Waals surface area contributed by atoms with Gasteiger partial charge < -0.3 is 10.2 Å². The van der Waals surface area contributed by atoms with E-state index in [1.165, 1.54) is 16.7 Å². The highest BCUT2D eigenvalue weighted by atomic mass is 35.5. The molecule has 0 spiro atoms. The highest BCUT2D eigenvalue weighted by Crippen LogP contribution is 2.42. The van der Waals surface area contributed by atoms with Crippen LogP contribution in [0.1, 0.15) is 33.6 Å². The van der Waals surface area contributed by atoms with Gasteiger partial charge in [0, 0.05) is 28.4 Å². The van der Waals surface area contributed by atoms with Crippen molar-refractivity contribution in [3.63, 3.8) is 0 Å². The van der Waals surface area contributed by atoms with Crippen LogP contribution in [0.3, 0.4) is 0 Å². The number of rotatable bonds is 4. The summed E-state index contributed by atoms with van der Waals surface area (Å²) in [5, 5.41) is 3.20. The molecule has 0 atom stereocenters. The number of nitrogens with one attached hydrogen (secondary N) is 1. The van der Waals surface area contributed by atoms with Crippen LogP contribution < -0.4 is 10.2 Å². The molecule has 0 unspecified atom stereocenters. The first-order valence-electron chi connectivity index (χ1n) is 11.1. The van der Waals surface area contributed by atoms with Gasteiger partial charge in [-0.2, -0.15) is 0 Å². The lowest BCUT2D eigenvalue weighted by Crippen LogP contribution is -2.38. The van der Waals surface area contributed by atoms with Gasteiger partial charge in [-0.05, 0) is 55.3 Å². The van der Waals surface area contributed by atoms with Crippen molar-refractivity contribution in [2.24, 2.45) is 0 Å². The number of hydrogen-bond acceptors (Lipinski definition) is 4. The van der Waals surface area contributed by atoms with Crippen LogP contribution in [0.5, 0.6) is 0 Å². The van der Waals surface area contributed by atoms with E-state index in [9.17, 15) is 14.4 Å². The van der Waals surface area contributed by atoms with Gasteiger partial charge in [0.1, 0.15) is 6.54 Å². The van der Waals surface area contributed by atoms with Crippen LogP contribution in [0.15, 0.2) is 76.5 Å². The second kappa shape index (κ2) is 9.52. The molecule has 1 fully saturated rings. The minimum atomic E-state index is -0.381. The maximum absolute atomic E-state index is 13.6. The molecular formula is C26H22ClN3O3S. The van der Waals surface area contributed by atoms with Crippen molar-refractivity contribution in [2.45, 2.75) is 22.6 Å². The fraction of sp³-hybridized carbons (Fsp3) is 0.192. The predicted octanol–water partition coefficient (Wildman–Crippen LogP) is 5.33. The van der Waals surface area contributed by atoms with E-state index in [1.54, 1.807) is 48.5 Å². The zero-order chi connectivity index (χ0) is 23.7. The summed E-state index contributed by atoms with van der Waals surface area (Å²) in [5.41, 5.74) is 2.05. The first-order chi connectivity index (χ1) is 16.5. The van der Waals surface area contributed by atoms with E-state index in [-0.39, 0.29) is 24.3 Å². The molecule has 34 heavy (non-hydrogen) atoms. The molecule has 172 valence electrons. The molecule has 2 aliphatic heterocycles. The summed E-state index contributed by atoms with van der Waals surface area (Å²) in [6, 6.07) is 19.7. The van der Waals surface area contributed by atoms with Crippen LogP contribution >= 0.6 is 23.4 Å². The number of para-hydroxylation sites is 1. The second-order valence-corrected chi connectivity index (χ2v) is 9.69. The van der Waals surface area contributed by atoms with E-state index >= 15 is 0 Å². The topological polar surface area (TPSA) is 69.7 Å². The molecule has 8 heteroatoms. The number of carbonyl (C=O) groups is 3. The summed E-state index contributed by atoms with van der Waals surface area (Å²) in [7, 11) is 0. The van der Waals surface area contributed by atoms with Gasteiger partial charge in [0.2, 0.25) is 5.91 Å². The Kier molecular flexibility index (Phi) is 6.30. The number of nitrogens with zero attached hydrogens (tertiary/aromatic N) is 2. The number of hydrogen-bond donors (Lipinski definition) is 1. The van der Waals surface area contributed by atoms with E-state index in [1.807, 2.05) is 23.1 Å². The fourth-order valence-corrected chi connectivity index (χ4v) is 5.45. The van der Waals surface area contributed by atoms with Gasteiger partial charge in [-0.15, -0.1) is 0 Å². The number of anilines is 2. The van der Waals surface area contributed by atoms with Gasteiger partial charge in [-0.25, -0.2) is 0 Å². The lowest BCUT2D eigenvalue weighted by molar-refractivity contribution is -0.114. The van der Waals surface area contributed by atoms with Gasteiger partial charge in [-0.1, -0.05) is 47.6 Å². The lowest BCUT2D eigenvalue weighted by atomic mass is 10.1. The predicted molar refractivity (Wildman–Crippen MR) is 134 cm³/mol. The number of amides is 3. The molecule has 3 aromatic carbocycles. The van der Waals surface area contributed by atoms with E-state index in [4.69, 9.17) is 11.6 Å². The van der Waals surface area contributed by atoms with E-state index in [0.717, 1.165) is 35.7 Å². The zero-order valence-electron chi connectivity index (χ0n) is 18.3. The lowest BCUT2D eigenvalue weighted by Gasteiger charge is -2.24. The van der Waals surface area contributed by atoms with Gasteiger partial charge >= 0.3 is 0 Å². The molecule has 3 aromatic rings. The molecule has 2 aliphatic rings. The zero-order valence-corrected chi connectivity index (χ0v) is 19.9. The van der Waals surface area contributed by atoms with Crippen LogP contribution in [0.2, 0.25) is 5.02 Å². The van der Waals surface area contributed by atoms with Crippen molar-refractivity contribution in [3.8, 4) is 0 Å². The molecule has 0 bridgehead atoms. The third-order valence-electron chi connectivity index (χ3n) is 5.92. The molecule has 1 saturated heterocycles. The first-order valence-corrected chi connectivity index (χ1v) is 12.3. The van der Waals surface area contributed by atoms with Gasteiger partial charge in [0.25, 0.3) is 11.8 Å². The van der Waals surface area contributed by atoms with Gasteiger partial charge in [0.05, 0.1) is 22.0 Å². The van der Waals surface area contributed by atoms with Crippen LogP contribution in [-0.4, -0.2) is 42.3 Å². The number of fused-ring (bicyclic) bond motifs is 2. The number of likely N-dealkylation sites (tertiary alicyclic amines) is 1. The highest BCUT2D eigenvalue weighted by molar-refractivity contribution is 7.99. The fourth-order valence-electron chi connectivity index (χ4n) is 4.21. The summed E-state index contributed by atoms with van der Waals surface area (Å²) >= 11 is 7.65. The molecule has 0 aromatic heterocycles. The highest BCUT2D eigenvalue weighted by Gasteiger charge is 2.30. The van der Waals surface area contributed by atoms with Crippen LogP contribution in [0, 0.1) is 0 Å². The average Bonchev–Trinajstić information content (AvgIpc) is 3.35. The Morgan fingerprint density at radius 1 is 0.941 bits per heavy atom. The minimum absolute atomic E-state index is 0.0556. The Morgan fingerprint density at radius 2 is 1.68 bits per heavy atom. The van der Waals surface area contributed by atoms with Crippen molar-refractivity contribution in [2.75, 3.05) is 29.9 Å². The Morgan fingerprint density at radius 3 is 2.47 bits per heavy atom. The number of carbonyl (C=O) groups excluding carboxylic acids is 3. The maximum atomic E-state index is 13.6. The first kappa shape index (κ1) is 22.5. The average molecular weight is 492 g/mol. The molecule has 2 heterocycles. The van der Waals surface area contributed by atoms with E-state index < -0.39 is 0 Å². The minimum Gasteiger partial charge on any atom is -0.339 e. The Labute approximate surface area is 206 Å². The van der Waals surface area contributed by atoms with Crippen molar-refractivity contribution in [3.05, 3.63) is 82.9 Å². The molecule has 3 amide bonds. The summed E-state index contributed by atoms with van der Waals surface area (Å²) in [5.74, 6) is -0.727. The Balaban J connectivity index is 1.51. The summed E-state index contributed by atoms with van der Waals surface area (Å²) in [6.07, 6.45) is 1.99. The Hall–Kier alpha value is -3.29. The van der Waals surface area contributed by atoms with Crippen molar-refractivity contribution >= 4 is 52.5 Å². The van der Waals surface area contributed by atoms with Crippen LogP contribution in [0.25, 0.3) is 0 Å². The standard InChI is InChI=1S/C26H22ClN3O3S/c27-19-8-2-3-9-20(19)28-24(31)16-30-21-15-17(25(32)29-13-5-6-14-29)11-12-23(21)34-22-10-4-1-7-18(22)26(30)33/h1-4,7-12,15H,5-6,13-14,16H2,(H,28,31). The third kappa shape index (κ3) is 4.41. The smallest absolute Gasteiger partial charge is 0.259 e. The molecule has 5 rings (SSSR count). The molecular weight excluding hydrogens is 470 g/mol. The third-order valence-corrected chi connectivity index (χ3v) is 7.39. The Bertz CT molecular complexity index is 1290. The second-order valence-electron chi connectivity index (χ2n) is 8.20. The number of benzene rings is 3. The van der Waals surface area contributed by atoms with Crippen LogP contribution in [-0.2, 0) is 4.79 Å². The molecule has 0 saturated carbocycles. The monoisotopic (exact) mass is 491 g/mol. The van der Waals surface area contributed by atoms with Gasteiger partial charge in [-0.3, -0.25) is 19.3 Å². The normalized spacial score (nSPS) is 14.9. The van der Waals surface area contributed by atoms with E-state index in [0.29, 0.717) is 27.5 Å².